The lowest BCUT2D eigenvalue weighted by atomic mass is 10.1. The van der Waals surface area contributed by atoms with Crippen LogP contribution in [-0.2, 0) is 4.74 Å². The summed E-state index contributed by atoms with van der Waals surface area (Å²) >= 11 is 0. The Kier molecular flexibility index (Phi) is 3.42. The molecular weight excluding hydrogens is 178 g/mol. The van der Waals surface area contributed by atoms with Gasteiger partial charge in [-0.1, -0.05) is 0 Å². The van der Waals surface area contributed by atoms with Crippen LogP contribution in [0.5, 0.6) is 0 Å². The summed E-state index contributed by atoms with van der Waals surface area (Å²) in [6, 6.07) is 1.03. The minimum absolute atomic E-state index is 0.302. The number of hydrogen-bond donors (Lipinski definition) is 2. The van der Waals surface area contributed by atoms with E-state index in [4.69, 9.17) is 9.84 Å². The van der Waals surface area contributed by atoms with Gasteiger partial charge in [0.25, 0.3) is 0 Å². The maximum Gasteiger partial charge on any atom is 0.0700 e. The van der Waals surface area contributed by atoms with Crippen molar-refractivity contribution in [2.45, 2.75) is 50.8 Å². The Morgan fingerprint density at radius 3 is 2.71 bits per heavy atom. The van der Waals surface area contributed by atoms with Gasteiger partial charge in [-0.05, 0) is 38.5 Å². The monoisotopic (exact) mass is 199 g/mol. The maximum atomic E-state index is 8.98. The highest BCUT2D eigenvalue weighted by atomic mass is 16.5. The third kappa shape index (κ3) is 2.47. The lowest BCUT2D eigenvalue weighted by Crippen LogP contribution is -2.43. The number of ether oxygens (including phenoxy) is 1. The van der Waals surface area contributed by atoms with Crippen molar-refractivity contribution in [1.82, 2.24) is 5.32 Å². The van der Waals surface area contributed by atoms with Crippen molar-refractivity contribution in [3.8, 4) is 0 Å². The van der Waals surface area contributed by atoms with Gasteiger partial charge >= 0.3 is 0 Å². The molecule has 14 heavy (non-hydrogen) atoms. The molecule has 2 N–H and O–H groups in total. The number of aliphatic hydroxyl groups excluding tert-OH is 1. The van der Waals surface area contributed by atoms with E-state index in [9.17, 15) is 0 Å². The molecule has 1 saturated carbocycles. The molecule has 2 fully saturated rings. The second-order valence-corrected chi connectivity index (χ2v) is 4.59. The Bertz CT molecular complexity index is 182. The van der Waals surface area contributed by atoms with Gasteiger partial charge in [-0.2, -0.15) is 0 Å². The summed E-state index contributed by atoms with van der Waals surface area (Å²) in [5, 5.41) is 12.6. The van der Waals surface area contributed by atoms with E-state index in [-0.39, 0.29) is 0 Å². The molecule has 3 atom stereocenters. The third-order valence-electron chi connectivity index (χ3n) is 3.44. The standard InChI is InChI=1S/C11H21NO2/c1-8-10(5-7-14-8)12-11(4-6-13)9-2-3-9/h8-13H,2-7H2,1H3. The van der Waals surface area contributed by atoms with Crippen LogP contribution in [-0.4, -0.2) is 36.5 Å². The smallest absolute Gasteiger partial charge is 0.0700 e. The molecule has 1 aliphatic carbocycles. The van der Waals surface area contributed by atoms with Gasteiger partial charge in [-0.25, -0.2) is 0 Å². The van der Waals surface area contributed by atoms with Gasteiger partial charge in [0, 0.05) is 25.3 Å². The van der Waals surface area contributed by atoms with Crippen LogP contribution in [0, 0.1) is 5.92 Å². The predicted molar refractivity (Wildman–Crippen MR) is 55.2 cm³/mol. The first kappa shape index (κ1) is 10.4. The fraction of sp³-hybridized carbons (Fsp3) is 1.00. The molecule has 1 heterocycles. The molecule has 3 unspecified atom stereocenters. The van der Waals surface area contributed by atoms with E-state index < -0.39 is 0 Å². The first-order valence-corrected chi connectivity index (χ1v) is 5.79. The summed E-state index contributed by atoms with van der Waals surface area (Å²) in [6.07, 6.45) is 5.03. The molecule has 0 amide bonds. The normalized spacial score (nSPS) is 34.7. The molecule has 1 saturated heterocycles. The van der Waals surface area contributed by atoms with Crippen molar-refractivity contribution in [3.05, 3.63) is 0 Å². The highest BCUT2D eigenvalue weighted by Gasteiger charge is 2.34. The Morgan fingerprint density at radius 2 is 2.21 bits per heavy atom. The first-order valence-electron chi connectivity index (χ1n) is 5.79. The highest BCUT2D eigenvalue weighted by Crippen LogP contribution is 2.34. The Balaban J connectivity index is 1.80. The predicted octanol–water partition coefficient (Wildman–Crippen LogP) is 0.914. The lowest BCUT2D eigenvalue weighted by molar-refractivity contribution is 0.108. The van der Waals surface area contributed by atoms with E-state index in [0.29, 0.717) is 24.8 Å². The summed E-state index contributed by atoms with van der Waals surface area (Å²) in [5.41, 5.74) is 0. The van der Waals surface area contributed by atoms with Crippen molar-refractivity contribution in [2.75, 3.05) is 13.2 Å². The van der Waals surface area contributed by atoms with E-state index in [1.54, 1.807) is 0 Å². The van der Waals surface area contributed by atoms with Crippen LogP contribution >= 0.6 is 0 Å². The van der Waals surface area contributed by atoms with E-state index in [1.807, 2.05) is 0 Å². The van der Waals surface area contributed by atoms with E-state index in [0.717, 1.165) is 25.4 Å². The quantitative estimate of drug-likeness (QED) is 0.691. The third-order valence-corrected chi connectivity index (χ3v) is 3.44. The number of hydrogen-bond acceptors (Lipinski definition) is 3. The second kappa shape index (κ2) is 4.60. The highest BCUT2D eigenvalue weighted by molar-refractivity contribution is 4.91. The molecule has 3 nitrogen and oxygen atoms in total. The molecule has 0 aromatic rings. The zero-order valence-corrected chi connectivity index (χ0v) is 8.91. The van der Waals surface area contributed by atoms with Gasteiger partial charge in [-0.3, -0.25) is 0 Å². The minimum Gasteiger partial charge on any atom is -0.396 e. The van der Waals surface area contributed by atoms with E-state index >= 15 is 0 Å². The maximum absolute atomic E-state index is 8.98. The Labute approximate surface area is 85.8 Å². The van der Waals surface area contributed by atoms with Crippen molar-refractivity contribution in [1.29, 1.82) is 0 Å². The molecule has 2 rings (SSSR count). The number of nitrogens with one attached hydrogen (secondary N) is 1. The molecule has 3 heteroatoms. The molecule has 0 bridgehead atoms. The summed E-state index contributed by atoms with van der Waals surface area (Å²) in [5.74, 6) is 0.815. The van der Waals surface area contributed by atoms with Crippen molar-refractivity contribution >= 4 is 0 Å². The van der Waals surface area contributed by atoms with Gasteiger partial charge in [-0.15, -0.1) is 0 Å². The second-order valence-electron chi connectivity index (χ2n) is 4.59. The molecule has 0 radical (unpaired) electrons. The Morgan fingerprint density at radius 1 is 1.43 bits per heavy atom. The van der Waals surface area contributed by atoms with Crippen LogP contribution in [0.1, 0.15) is 32.6 Å². The summed E-state index contributed by atoms with van der Waals surface area (Å²) in [6.45, 7) is 3.32. The van der Waals surface area contributed by atoms with Gasteiger partial charge in [0.1, 0.15) is 0 Å². The summed E-state index contributed by atoms with van der Waals surface area (Å²) in [7, 11) is 0. The topological polar surface area (TPSA) is 41.5 Å². The molecular formula is C11H21NO2. The van der Waals surface area contributed by atoms with Crippen LogP contribution in [0.25, 0.3) is 0 Å². The van der Waals surface area contributed by atoms with Crippen molar-refractivity contribution in [3.63, 3.8) is 0 Å². The fourth-order valence-corrected chi connectivity index (χ4v) is 2.32. The van der Waals surface area contributed by atoms with Crippen molar-refractivity contribution in [2.24, 2.45) is 5.92 Å². The van der Waals surface area contributed by atoms with Crippen LogP contribution in [0.15, 0.2) is 0 Å². The van der Waals surface area contributed by atoms with Gasteiger partial charge < -0.3 is 15.2 Å². The average Bonchev–Trinajstić information content (AvgIpc) is 2.93. The zero-order chi connectivity index (χ0) is 9.97. The van der Waals surface area contributed by atoms with E-state index in [2.05, 4.69) is 12.2 Å². The number of rotatable bonds is 5. The van der Waals surface area contributed by atoms with Crippen LogP contribution < -0.4 is 5.32 Å². The first-order chi connectivity index (χ1) is 6.81. The minimum atomic E-state index is 0.302. The van der Waals surface area contributed by atoms with Gasteiger partial charge in [0.05, 0.1) is 6.10 Å². The van der Waals surface area contributed by atoms with Crippen molar-refractivity contribution < 1.29 is 9.84 Å². The van der Waals surface area contributed by atoms with Crippen LogP contribution in [0.2, 0.25) is 0 Å². The largest absolute Gasteiger partial charge is 0.396 e. The molecule has 82 valence electrons. The zero-order valence-electron chi connectivity index (χ0n) is 8.91. The summed E-state index contributed by atoms with van der Waals surface area (Å²) in [4.78, 5) is 0. The van der Waals surface area contributed by atoms with Crippen LogP contribution in [0.3, 0.4) is 0 Å². The van der Waals surface area contributed by atoms with Gasteiger partial charge in [0.2, 0.25) is 0 Å². The number of aliphatic hydroxyl groups is 1. The lowest BCUT2D eigenvalue weighted by Gasteiger charge is -2.24. The molecule has 0 aromatic carbocycles. The molecule has 2 aliphatic rings. The average molecular weight is 199 g/mol. The molecule has 0 spiro atoms. The molecule has 1 aliphatic heterocycles. The van der Waals surface area contributed by atoms with E-state index in [1.165, 1.54) is 12.8 Å². The Hall–Kier alpha value is -0.120. The molecule has 0 aromatic heterocycles. The summed E-state index contributed by atoms with van der Waals surface area (Å²) < 4.78 is 5.52. The van der Waals surface area contributed by atoms with Gasteiger partial charge in [0.15, 0.2) is 0 Å². The fourth-order valence-electron chi connectivity index (χ4n) is 2.32. The SMILES string of the molecule is CC1OCCC1NC(CCO)C1CC1. The van der Waals surface area contributed by atoms with Crippen LogP contribution in [0.4, 0.5) is 0 Å².